The lowest BCUT2D eigenvalue weighted by Gasteiger charge is -2.31. The van der Waals surface area contributed by atoms with E-state index in [4.69, 9.17) is 20.9 Å². The van der Waals surface area contributed by atoms with Crippen LogP contribution in [-0.2, 0) is 53.0 Å². The Labute approximate surface area is 389 Å². The van der Waals surface area contributed by atoms with Gasteiger partial charge in [0.05, 0.1) is 13.1 Å². The van der Waals surface area contributed by atoms with Crippen LogP contribution in [0.2, 0.25) is 0 Å². The Morgan fingerprint density at radius 1 is 0.642 bits per heavy atom. The Morgan fingerprint density at radius 3 is 1.93 bits per heavy atom. The summed E-state index contributed by atoms with van der Waals surface area (Å²) in [6.45, 7) is 0.133. The molecule has 0 saturated carbocycles. The molecule has 6 rings (SSSR count). The number of ether oxygens (including phenoxy) is 2. The SMILES string of the molecule is NCCCC[C@@H]1NC(=O)CNC(=O)[C@H](c2ccccc2)NC(=O)[C@@H]2C[C@@H](OC(=O)NCCN)CN2C(=O)[C@H](Cc2ccccc2)NC(=O)[C@H](Cc2ccc(OCc3ccccc3)cc2)NC1=O. The molecule has 0 unspecified atom stereocenters. The molecule has 2 aliphatic rings. The van der Waals surface area contributed by atoms with Crippen molar-refractivity contribution < 1.29 is 43.0 Å². The largest absolute Gasteiger partial charge is 0.489 e. The summed E-state index contributed by atoms with van der Waals surface area (Å²) in [7, 11) is 0. The van der Waals surface area contributed by atoms with Gasteiger partial charge in [0.2, 0.25) is 35.4 Å². The predicted octanol–water partition coefficient (Wildman–Crippen LogP) is 1.28. The summed E-state index contributed by atoms with van der Waals surface area (Å²) in [5, 5.41) is 16.3. The molecule has 10 N–H and O–H groups in total. The molecule has 7 amide bonds. The van der Waals surface area contributed by atoms with Gasteiger partial charge in [-0.15, -0.1) is 0 Å². The average molecular weight is 918 g/mol. The maximum atomic E-state index is 15.0. The van der Waals surface area contributed by atoms with Crippen LogP contribution >= 0.6 is 0 Å². The standard InChI is InChI=1S/C49H59N9O9/c50-23-11-10-18-38-44(60)55-39(26-33-19-21-36(22-20-33)66-31-34-14-6-2-7-15-34)45(61)56-40(27-32-12-4-1-5-13-32)48(64)58-30-37(67-49(65)52-25-24-51)28-41(58)46(62)57-43(35-16-8-3-9-17-35)47(63)53-29-42(59)54-38/h1-9,12-17,19-22,37-41,43H,10-11,18,23-31,50-51H2,(H,52,65)(H,53,63)(H,54,59)(H,55,60)(H,56,61)(H,57,62)/t37-,38+,39+,40+,41+,43+/m1/s1. The number of nitrogens with two attached hydrogens (primary N) is 2. The van der Waals surface area contributed by atoms with Gasteiger partial charge in [0.1, 0.15) is 48.7 Å². The lowest BCUT2D eigenvalue weighted by molar-refractivity contribution is -0.142. The maximum absolute atomic E-state index is 15.0. The molecule has 4 aromatic carbocycles. The Kier molecular flexibility index (Phi) is 18.2. The average Bonchev–Trinajstić information content (AvgIpc) is 3.77. The van der Waals surface area contributed by atoms with Gasteiger partial charge >= 0.3 is 6.09 Å². The third kappa shape index (κ3) is 14.6. The molecule has 18 heteroatoms. The molecular formula is C49H59N9O9. The first kappa shape index (κ1) is 49.1. The third-order valence-corrected chi connectivity index (χ3v) is 11.4. The van der Waals surface area contributed by atoms with Gasteiger partial charge in [-0.25, -0.2) is 4.79 Å². The molecule has 354 valence electrons. The minimum atomic E-state index is -1.33. The number of rotatable bonds is 15. The molecule has 0 spiro atoms. The number of nitrogens with one attached hydrogen (secondary N) is 6. The van der Waals surface area contributed by atoms with Crippen molar-refractivity contribution in [2.24, 2.45) is 11.5 Å². The van der Waals surface area contributed by atoms with Crippen molar-refractivity contribution in [3.8, 4) is 5.75 Å². The zero-order valence-corrected chi connectivity index (χ0v) is 37.2. The molecule has 2 fully saturated rings. The summed E-state index contributed by atoms with van der Waals surface area (Å²) in [4.78, 5) is 99.9. The maximum Gasteiger partial charge on any atom is 0.407 e. The topological polar surface area (TPSA) is 265 Å². The summed E-state index contributed by atoms with van der Waals surface area (Å²) in [6.07, 6.45) is -0.843. The predicted molar refractivity (Wildman–Crippen MR) is 248 cm³/mol. The first-order valence-electron chi connectivity index (χ1n) is 22.5. The van der Waals surface area contributed by atoms with Crippen molar-refractivity contribution >= 4 is 41.5 Å². The van der Waals surface area contributed by atoms with Gasteiger partial charge in [-0.2, -0.15) is 0 Å². The van der Waals surface area contributed by atoms with Crippen LogP contribution in [0.5, 0.6) is 5.75 Å². The van der Waals surface area contributed by atoms with Crippen LogP contribution in [0.1, 0.15) is 54.0 Å². The fourth-order valence-electron chi connectivity index (χ4n) is 7.91. The zero-order chi connectivity index (χ0) is 47.5. The zero-order valence-electron chi connectivity index (χ0n) is 37.2. The van der Waals surface area contributed by atoms with E-state index in [1.165, 1.54) is 4.90 Å². The van der Waals surface area contributed by atoms with E-state index < -0.39 is 84.4 Å². The van der Waals surface area contributed by atoms with Crippen LogP contribution in [-0.4, -0.2) is 109 Å². The first-order chi connectivity index (χ1) is 32.5. The van der Waals surface area contributed by atoms with E-state index in [1.807, 2.05) is 30.3 Å². The van der Waals surface area contributed by atoms with E-state index in [0.29, 0.717) is 48.4 Å². The fourth-order valence-corrected chi connectivity index (χ4v) is 7.91. The van der Waals surface area contributed by atoms with Gasteiger partial charge in [0.15, 0.2) is 0 Å². The minimum Gasteiger partial charge on any atom is -0.489 e. The van der Waals surface area contributed by atoms with Crippen molar-refractivity contribution in [1.29, 1.82) is 0 Å². The van der Waals surface area contributed by atoms with E-state index in [-0.39, 0.29) is 45.3 Å². The summed E-state index contributed by atoms with van der Waals surface area (Å²) in [5.74, 6) is -3.68. The number of unbranched alkanes of at least 4 members (excludes halogenated alkanes) is 1. The molecule has 2 aliphatic heterocycles. The molecule has 67 heavy (non-hydrogen) atoms. The second kappa shape index (κ2) is 24.8. The second-order valence-electron chi connectivity index (χ2n) is 16.4. The Balaban J connectivity index is 1.36. The number of nitrogens with zero attached hydrogens (tertiary/aromatic N) is 1. The minimum absolute atomic E-state index is 0.0281. The third-order valence-electron chi connectivity index (χ3n) is 11.4. The molecule has 0 radical (unpaired) electrons. The molecule has 0 bridgehead atoms. The molecule has 18 nitrogen and oxygen atoms in total. The molecule has 0 aromatic heterocycles. The van der Waals surface area contributed by atoms with Crippen LogP contribution in [0.4, 0.5) is 4.79 Å². The highest BCUT2D eigenvalue weighted by atomic mass is 16.6. The number of carbonyl (C=O) groups is 7. The lowest BCUT2D eigenvalue weighted by Crippen LogP contribution is -2.60. The smallest absolute Gasteiger partial charge is 0.407 e. The molecule has 6 atom stereocenters. The number of benzene rings is 4. The number of amides is 7. The Morgan fingerprint density at radius 2 is 1.25 bits per heavy atom. The highest BCUT2D eigenvalue weighted by Crippen LogP contribution is 2.25. The lowest BCUT2D eigenvalue weighted by atomic mass is 10.0. The number of carbonyl (C=O) groups excluding carboxylic acids is 7. The van der Waals surface area contributed by atoms with Gasteiger partial charge in [-0.3, -0.25) is 28.8 Å². The van der Waals surface area contributed by atoms with Crippen molar-refractivity contribution in [2.75, 3.05) is 32.7 Å². The number of alkyl carbamates (subject to hydrolysis) is 1. The van der Waals surface area contributed by atoms with Crippen LogP contribution < -0.4 is 48.1 Å². The van der Waals surface area contributed by atoms with E-state index >= 15 is 4.79 Å². The van der Waals surface area contributed by atoms with Crippen LogP contribution in [0.3, 0.4) is 0 Å². The summed E-state index contributed by atoms with van der Waals surface area (Å²) in [6, 6.07) is 27.6. The molecule has 4 aromatic rings. The van der Waals surface area contributed by atoms with Gasteiger partial charge in [-0.05, 0) is 60.2 Å². The molecule has 2 saturated heterocycles. The highest BCUT2D eigenvalue weighted by Gasteiger charge is 2.45. The normalized spacial score (nSPS) is 21.9. The quantitative estimate of drug-likeness (QED) is 0.0788. The van der Waals surface area contributed by atoms with E-state index in [2.05, 4.69) is 31.9 Å². The van der Waals surface area contributed by atoms with Crippen LogP contribution in [0.25, 0.3) is 0 Å². The monoisotopic (exact) mass is 917 g/mol. The van der Waals surface area contributed by atoms with Crippen molar-refractivity contribution in [2.45, 2.75) is 81.4 Å². The number of hydrogen-bond acceptors (Lipinski definition) is 11. The second-order valence-corrected chi connectivity index (χ2v) is 16.4. The van der Waals surface area contributed by atoms with Gasteiger partial charge in [0.25, 0.3) is 0 Å². The highest BCUT2D eigenvalue weighted by molar-refractivity contribution is 5.98. The van der Waals surface area contributed by atoms with Crippen LogP contribution in [0, 0.1) is 0 Å². The fraction of sp³-hybridized carbons (Fsp3) is 0.367. The van der Waals surface area contributed by atoms with Crippen LogP contribution in [0.15, 0.2) is 115 Å². The summed E-state index contributed by atoms with van der Waals surface area (Å²) < 4.78 is 11.6. The van der Waals surface area contributed by atoms with Gasteiger partial charge in [-0.1, -0.05) is 103 Å². The molecule has 2 heterocycles. The number of hydrogen-bond donors (Lipinski definition) is 8. The van der Waals surface area contributed by atoms with E-state index in [0.717, 1.165) is 5.56 Å². The van der Waals surface area contributed by atoms with E-state index in [9.17, 15) is 28.8 Å². The Bertz CT molecular complexity index is 2290. The van der Waals surface area contributed by atoms with Gasteiger partial charge in [0, 0.05) is 32.4 Å². The van der Waals surface area contributed by atoms with Gasteiger partial charge < -0.3 is 57.7 Å². The van der Waals surface area contributed by atoms with Crippen molar-refractivity contribution in [3.05, 3.63) is 138 Å². The molecular weight excluding hydrogens is 859 g/mol. The van der Waals surface area contributed by atoms with Crippen molar-refractivity contribution in [3.63, 3.8) is 0 Å². The number of fused-ring (bicyclic) bond motifs is 1. The van der Waals surface area contributed by atoms with Crippen molar-refractivity contribution in [1.82, 2.24) is 36.8 Å². The molecule has 0 aliphatic carbocycles. The summed E-state index contributed by atoms with van der Waals surface area (Å²) >= 11 is 0. The first-order valence-corrected chi connectivity index (χ1v) is 22.5. The van der Waals surface area contributed by atoms with E-state index in [1.54, 1.807) is 84.9 Å². The Hall–Kier alpha value is -7.31. The summed E-state index contributed by atoms with van der Waals surface area (Å²) in [5.41, 5.74) is 14.0.